The third-order valence-corrected chi connectivity index (χ3v) is 10.4. The number of benzene rings is 1. The van der Waals surface area contributed by atoms with Crippen molar-refractivity contribution in [1.29, 1.82) is 0 Å². The smallest absolute Gasteiger partial charge is 0.283 e. The molecule has 0 aliphatic carbocycles. The highest BCUT2D eigenvalue weighted by molar-refractivity contribution is 7.89. The number of hydrazine groups is 1. The Labute approximate surface area is 234 Å². The number of aromatic amines is 1. The Morgan fingerprint density at radius 1 is 1.10 bits per heavy atom. The maximum atomic E-state index is 13.7. The van der Waals surface area contributed by atoms with Crippen LogP contribution < -0.4 is 10.9 Å². The number of sulfonamides is 1. The minimum atomic E-state index is -3.92. The fraction of sp³-hybridized carbons (Fsp3) is 0.458. The first-order valence-electron chi connectivity index (χ1n) is 12.7. The van der Waals surface area contributed by atoms with E-state index in [0.29, 0.717) is 60.3 Å². The van der Waals surface area contributed by atoms with E-state index in [2.05, 4.69) is 20.8 Å². The van der Waals surface area contributed by atoms with Gasteiger partial charge in [0.2, 0.25) is 5.91 Å². The van der Waals surface area contributed by atoms with Crippen molar-refractivity contribution < 1.29 is 22.7 Å². The topological polar surface area (TPSA) is 140 Å². The molecule has 5 heterocycles. The summed E-state index contributed by atoms with van der Waals surface area (Å²) in [6, 6.07) is 6.04. The Morgan fingerprint density at radius 2 is 1.90 bits per heavy atom. The number of ether oxygens (including phenoxy) is 1. The largest absolute Gasteiger partial charge is 0.378 e. The van der Waals surface area contributed by atoms with E-state index in [0.717, 1.165) is 10.6 Å². The molecule has 1 aromatic carbocycles. The molecule has 2 amide bonds. The van der Waals surface area contributed by atoms with Crippen molar-refractivity contribution in [2.45, 2.75) is 30.6 Å². The number of carbonyl (C=O) groups is 2. The SMILES string of the molecule is O=C(CC1CN(S(=O)(=O)c2cc3cc(Cl)ccc3[nH]2)CCN1C(=O)c1nc2c(s1)CNNC2)N1CCOCC1. The van der Waals surface area contributed by atoms with Gasteiger partial charge in [-0.3, -0.25) is 20.4 Å². The number of nitrogens with zero attached hydrogens (tertiary/aromatic N) is 4. The Balaban J connectivity index is 1.27. The lowest BCUT2D eigenvalue weighted by Crippen LogP contribution is -2.58. The third-order valence-electron chi connectivity index (χ3n) is 7.25. The second-order valence-corrected chi connectivity index (χ2v) is 13.1. The zero-order chi connectivity index (χ0) is 27.1. The van der Waals surface area contributed by atoms with Crippen molar-refractivity contribution in [2.75, 3.05) is 45.9 Å². The molecule has 1 unspecified atom stereocenters. The van der Waals surface area contributed by atoms with E-state index < -0.39 is 16.1 Å². The van der Waals surface area contributed by atoms with Crippen LogP contribution in [0.3, 0.4) is 0 Å². The van der Waals surface area contributed by atoms with Crippen LogP contribution in [-0.2, 0) is 32.6 Å². The molecule has 1 atom stereocenters. The first kappa shape index (κ1) is 26.6. The highest BCUT2D eigenvalue weighted by atomic mass is 35.5. The average molecular weight is 594 g/mol. The molecule has 3 N–H and O–H groups in total. The highest BCUT2D eigenvalue weighted by Crippen LogP contribution is 2.28. The van der Waals surface area contributed by atoms with Crippen LogP contribution in [0.25, 0.3) is 10.9 Å². The van der Waals surface area contributed by atoms with E-state index in [9.17, 15) is 18.0 Å². The van der Waals surface area contributed by atoms with E-state index >= 15 is 0 Å². The van der Waals surface area contributed by atoms with Crippen LogP contribution >= 0.6 is 22.9 Å². The summed E-state index contributed by atoms with van der Waals surface area (Å²) >= 11 is 7.41. The number of halogens is 1. The molecule has 0 bridgehead atoms. The van der Waals surface area contributed by atoms with Gasteiger partial charge in [-0.15, -0.1) is 11.3 Å². The van der Waals surface area contributed by atoms with Gasteiger partial charge >= 0.3 is 0 Å². The fourth-order valence-corrected chi connectivity index (χ4v) is 7.79. The summed E-state index contributed by atoms with van der Waals surface area (Å²) in [7, 11) is -3.92. The van der Waals surface area contributed by atoms with Crippen LogP contribution in [0, 0.1) is 0 Å². The number of piperazine rings is 1. The molecule has 12 nitrogen and oxygen atoms in total. The van der Waals surface area contributed by atoms with Gasteiger partial charge in [-0.05, 0) is 24.3 Å². The zero-order valence-corrected chi connectivity index (χ0v) is 23.4. The van der Waals surface area contributed by atoms with E-state index in [4.69, 9.17) is 16.3 Å². The van der Waals surface area contributed by atoms with Gasteiger partial charge in [0.1, 0.15) is 5.03 Å². The van der Waals surface area contributed by atoms with Crippen LogP contribution in [-0.4, -0.2) is 96.3 Å². The molecule has 0 saturated carbocycles. The molecule has 3 aromatic rings. The van der Waals surface area contributed by atoms with Crippen molar-refractivity contribution in [3.05, 3.63) is 44.9 Å². The summed E-state index contributed by atoms with van der Waals surface area (Å²) in [5.41, 5.74) is 7.54. The van der Waals surface area contributed by atoms with Gasteiger partial charge in [-0.25, -0.2) is 13.4 Å². The summed E-state index contributed by atoms with van der Waals surface area (Å²) in [5.74, 6) is -0.418. The molecule has 6 rings (SSSR count). The first-order valence-corrected chi connectivity index (χ1v) is 15.3. The maximum absolute atomic E-state index is 13.7. The van der Waals surface area contributed by atoms with E-state index in [1.165, 1.54) is 15.6 Å². The molecule has 2 aromatic heterocycles. The van der Waals surface area contributed by atoms with Gasteiger partial charge < -0.3 is 19.5 Å². The second kappa shape index (κ2) is 10.8. The maximum Gasteiger partial charge on any atom is 0.283 e. The molecule has 39 heavy (non-hydrogen) atoms. The molecular formula is C24H28ClN7O5S2. The summed E-state index contributed by atoms with van der Waals surface area (Å²) in [6.45, 7) is 3.17. The monoisotopic (exact) mass is 593 g/mol. The number of aromatic nitrogens is 2. The quantitative estimate of drug-likeness (QED) is 0.400. The third kappa shape index (κ3) is 5.29. The van der Waals surface area contributed by atoms with Crippen LogP contribution in [0.1, 0.15) is 26.8 Å². The van der Waals surface area contributed by atoms with Gasteiger partial charge in [-0.1, -0.05) is 11.6 Å². The molecule has 0 radical (unpaired) electrons. The van der Waals surface area contributed by atoms with Crippen LogP contribution in [0.2, 0.25) is 5.02 Å². The van der Waals surface area contributed by atoms with Crippen LogP contribution in [0.4, 0.5) is 0 Å². The van der Waals surface area contributed by atoms with Crippen molar-refractivity contribution in [3.8, 4) is 0 Å². The number of thiazole rings is 1. The number of carbonyl (C=O) groups excluding carboxylic acids is 2. The van der Waals surface area contributed by atoms with E-state index in [1.807, 2.05) is 0 Å². The number of morpholine rings is 1. The van der Waals surface area contributed by atoms with Gasteiger partial charge in [0.05, 0.1) is 31.5 Å². The second-order valence-electron chi connectivity index (χ2n) is 9.67. The first-order chi connectivity index (χ1) is 18.8. The molecule has 3 aliphatic heterocycles. The van der Waals surface area contributed by atoms with Crippen molar-refractivity contribution in [2.24, 2.45) is 0 Å². The number of H-pyrrole nitrogens is 1. The van der Waals surface area contributed by atoms with Crippen molar-refractivity contribution >= 4 is 55.7 Å². The Bertz CT molecular complexity index is 1490. The van der Waals surface area contributed by atoms with Crippen LogP contribution in [0.5, 0.6) is 0 Å². The molecular weight excluding hydrogens is 566 g/mol. The minimum Gasteiger partial charge on any atom is -0.378 e. The van der Waals surface area contributed by atoms with Gasteiger partial charge in [0.25, 0.3) is 15.9 Å². The summed E-state index contributed by atoms with van der Waals surface area (Å²) in [5, 5.41) is 1.59. The average Bonchev–Trinajstić information content (AvgIpc) is 3.58. The van der Waals surface area contributed by atoms with Gasteiger partial charge in [0.15, 0.2) is 5.01 Å². The summed E-state index contributed by atoms with van der Waals surface area (Å²) < 4.78 is 34.1. The zero-order valence-electron chi connectivity index (χ0n) is 21.0. The van der Waals surface area contributed by atoms with Gasteiger partial charge in [-0.2, -0.15) is 4.31 Å². The molecule has 0 spiro atoms. The lowest BCUT2D eigenvalue weighted by Gasteiger charge is -2.41. The molecule has 2 fully saturated rings. The number of fused-ring (bicyclic) bond motifs is 2. The fourth-order valence-electron chi connectivity index (χ4n) is 5.15. The highest BCUT2D eigenvalue weighted by Gasteiger charge is 2.40. The molecule has 3 aliphatic rings. The lowest BCUT2D eigenvalue weighted by atomic mass is 10.1. The Hall–Kier alpha value is -2.59. The Kier molecular flexibility index (Phi) is 7.35. The normalized spacial score (nSPS) is 20.8. The predicted molar refractivity (Wildman–Crippen MR) is 145 cm³/mol. The van der Waals surface area contributed by atoms with E-state index in [1.54, 1.807) is 34.1 Å². The molecule has 208 valence electrons. The van der Waals surface area contributed by atoms with E-state index in [-0.39, 0.29) is 42.9 Å². The summed E-state index contributed by atoms with van der Waals surface area (Å²) in [4.78, 5) is 38.7. The Morgan fingerprint density at radius 3 is 2.69 bits per heavy atom. The van der Waals surface area contributed by atoms with Gasteiger partial charge in [0, 0.05) is 66.5 Å². The van der Waals surface area contributed by atoms with Crippen molar-refractivity contribution in [3.63, 3.8) is 0 Å². The number of rotatable bonds is 5. The summed E-state index contributed by atoms with van der Waals surface area (Å²) in [6.07, 6.45) is 0.00820. The van der Waals surface area contributed by atoms with Crippen LogP contribution in [0.15, 0.2) is 29.3 Å². The number of hydrogen-bond acceptors (Lipinski definition) is 9. The standard InChI is InChI=1S/C24H28ClN7O5S2/c25-16-1-2-18-15(9-16)10-21(28-18)39(35,36)31-3-4-32(17(14-31)11-22(33)30-5-7-37-8-6-30)24(34)23-29-19-12-26-27-13-20(19)38-23/h1-2,9-10,17,26-28H,3-8,11-14H2. The molecule has 15 heteroatoms. The number of amides is 2. The molecule has 2 saturated heterocycles. The number of nitrogens with one attached hydrogen (secondary N) is 3. The predicted octanol–water partition coefficient (Wildman–Crippen LogP) is 1.15. The number of hydrogen-bond donors (Lipinski definition) is 3. The lowest BCUT2D eigenvalue weighted by molar-refractivity contribution is -0.136. The van der Waals surface area contributed by atoms with Crippen molar-refractivity contribution in [1.82, 2.24) is 34.9 Å². The minimum absolute atomic E-state index is 0.00548.